The predicted molar refractivity (Wildman–Crippen MR) is 77.1 cm³/mol. The summed E-state index contributed by atoms with van der Waals surface area (Å²) in [6, 6.07) is 14.8. The average Bonchev–Trinajstić information content (AvgIpc) is 2.33. The summed E-state index contributed by atoms with van der Waals surface area (Å²) in [5, 5.41) is 0. The molecule has 2 rings (SSSR count). The Morgan fingerprint density at radius 3 is 2.59 bits per heavy atom. The van der Waals surface area contributed by atoms with Gasteiger partial charge in [-0.2, -0.15) is 0 Å². The lowest BCUT2D eigenvalue weighted by molar-refractivity contribution is 0.958. The van der Waals surface area contributed by atoms with Gasteiger partial charge in [0.1, 0.15) is 0 Å². The number of aryl methyl sites for hydroxylation is 1. The Bertz CT molecular complexity index is 520. The Kier molecular flexibility index (Phi) is 3.97. The van der Waals surface area contributed by atoms with Gasteiger partial charge in [0, 0.05) is 4.47 Å². The van der Waals surface area contributed by atoms with E-state index in [2.05, 4.69) is 59.3 Å². The average molecular weight is 290 g/mol. The van der Waals surface area contributed by atoms with Gasteiger partial charge in [-0.3, -0.25) is 0 Å². The van der Waals surface area contributed by atoms with Crippen molar-refractivity contribution in [3.8, 4) is 11.1 Å². The molecule has 17 heavy (non-hydrogen) atoms. The lowest BCUT2D eigenvalue weighted by atomic mass is 9.98. The maximum Gasteiger partial charge on any atom is 0.0253 e. The molecule has 0 aromatic heterocycles. The zero-order valence-corrected chi connectivity index (χ0v) is 11.5. The van der Waals surface area contributed by atoms with E-state index < -0.39 is 0 Å². The molecule has 0 heterocycles. The van der Waals surface area contributed by atoms with E-state index >= 15 is 0 Å². The molecule has 0 saturated carbocycles. The van der Waals surface area contributed by atoms with Gasteiger partial charge >= 0.3 is 0 Å². The Hall–Kier alpha value is -1.12. The molecule has 0 aliphatic rings. The van der Waals surface area contributed by atoms with Crippen LogP contribution >= 0.6 is 15.9 Å². The molecular weight excluding hydrogens is 274 g/mol. The molecule has 2 heteroatoms. The van der Waals surface area contributed by atoms with Crippen molar-refractivity contribution >= 4 is 15.9 Å². The molecule has 0 fully saturated rings. The van der Waals surface area contributed by atoms with Gasteiger partial charge in [0.25, 0.3) is 0 Å². The van der Waals surface area contributed by atoms with E-state index in [1.807, 2.05) is 6.07 Å². The molecule has 88 valence electrons. The van der Waals surface area contributed by atoms with E-state index in [0.29, 0.717) is 6.54 Å². The van der Waals surface area contributed by atoms with Crippen LogP contribution in [0.15, 0.2) is 46.9 Å². The van der Waals surface area contributed by atoms with Gasteiger partial charge in [-0.25, -0.2) is 0 Å². The van der Waals surface area contributed by atoms with Gasteiger partial charge in [-0.1, -0.05) is 52.3 Å². The molecule has 2 aromatic rings. The third-order valence-corrected chi connectivity index (χ3v) is 3.64. The molecule has 0 aliphatic carbocycles. The Morgan fingerprint density at radius 1 is 1.12 bits per heavy atom. The van der Waals surface area contributed by atoms with Crippen LogP contribution in [0.3, 0.4) is 0 Å². The van der Waals surface area contributed by atoms with E-state index in [9.17, 15) is 0 Å². The van der Waals surface area contributed by atoms with Crippen molar-refractivity contribution in [2.24, 2.45) is 5.73 Å². The van der Waals surface area contributed by atoms with Crippen LogP contribution < -0.4 is 5.73 Å². The number of nitrogens with two attached hydrogens (primary N) is 1. The summed E-state index contributed by atoms with van der Waals surface area (Å²) in [6.45, 7) is 2.83. The van der Waals surface area contributed by atoms with Gasteiger partial charge in [-0.15, -0.1) is 0 Å². The predicted octanol–water partition coefficient (Wildman–Crippen LogP) is 3.93. The number of hydrogen-bond acceptors (Lipinski definition) is 1. The first kappa shape index (κ1) is 12.3. The zero-order chi connectivity index (χ0) is 12.3. The Balaban J connectivity index is 2.46. The molecule has 2 aromatic carbocycles. The number of halogens is 1. The molecule has 0 radical (unpaired) electrons. The van der Waals surface area contributed by atoms with E-state index in [1.54, 1.807) is 0 Å². The molecular formula is C15H16BrN. The minimum absolute atomic E-state index is 0.695. The monoisotopic (exact) mass is 289 g/mol. The second-order valence-corrected chi connectivity index (χ2v) is 5.01. The molecule has 0 unspecified atom stereocenters. The molecule has 0 bridgehead atoms. The minimum Gasteiger partial charge on any atom is -0.330 e. The maximum atomic E-state index is 5.64. The molecule has 0 amide bonds. The second-order valence-electron chi connectivity index (χ2n) is 4.16. The van der Waals surface area contributed by atoms with Gasteiger partial charge in [0.05, 0.1) is 0 Å². The molecule has 1 nitrogen and oxygen atoms in total. The third kappa shape index (κ3) is 2.76. The first-order chi connectivity index (χ1) is 8.22. The van der Waals surface area contributed by atoms with Crippen LogP contribution in [0.2, 0.25) is 0 Å². The largest absolute Gasteiger partial charge is 0.330 e. The van der Waals surface area contributed by atoms with Gasteiger partial charge in [0.2, 0.25) is 0 Å². The first-order valence-electron chi connectivity index (χ1n) is 5.77. The summed E-state index contributed by atoms with van der Waals surface area (Å²) in [7, 11) is 0. The van der Waals surface area contributed by atoms with Crippen molar-refractivity contribution in [1.82, 2.24) is 0 Å². The zero-order valence-electron chi connectivity index (χ0n) is 9.91. The number of rotatable bonds is 3. The first-order valence-corrected chi connectivity index (χ1v) is 6.56. The summed E-state index contributed by atoms with van der Waals surface area (Å²) < 4.78 is 1.13. The van der Waals surface area contributed by atoms with E-state index in [0.717, 1.165) is 10.9 Å². The summed E-state index contributed by atoms with van der Waals surface area (Å²) in [4.78, 5) is 0. The van der Waals surface area contributed by atoms with E-state index in [-0.39, 0.29) is 0 Å². The van der Waals surface area contributed by atoms with Crippen LogP contribution in [0.4, 0.5) is 0 Å². The summed E-state index contributed by atoms with van der Waals surface area (Å²) in [5.74, 6) is 0. The number of hydrogen-bond donors (Lipinski definition) is 1. The highest BCUT2D eigenvalue weighted by Gasteiger charge is 2.04. The molecule has 0 atom stereocenters. The molecule has 2 N–H and O–H groups in total. The van der Waals surface area contributed by atoms with Crippen molar-refractivity contribution in [3.05, 3.63) is 58.1 Å². The quantitative estimate of drug-likeness (QED) is 0.910. The standard InChI is InChI=1S/C15H16BrN/c1-11-6-7-13(10-12(11)8-9-17)14-4-2-3-5-15(14)16/h2-7,10H,8-9,17H2,1H3. The summed E-state index contributed by atoms with van der Waals surface area (Å²) in [6.07, 6.45) is 0.935. The Labute approximate surface area is 111 Å². The molecule has 0 aliphatic heterocycles. The van der Waals surface area contributed by atoms with Crippen molar-refractivity contribution in [2.75, 3.05) is 6.54 Å². The fraction of sp³-hybridized carbons (Fsp3) is 0.200. The lowest BCUT2D eigenvalue weighted by Crippen LogP contribution is -2.04. The van der Waals surface area contributed by atoms with E-state index in [4.69, 9.17) is 5.73 Å². The highest BCUT2D eigenvalue weighted by molar-refractivity contribution is 9.10. The lowest BCUT2D eigenvalue weighted by Gasteiger charge is -2.09. The fourth-order valence-corrected chi connectivity index (χ4v) is 2.47. The minimum atomic E-state index is 0.695. The summed E-state index contributed by atoms with van der Waals surface area (Å²) >= 11 is 3.59. The third-order valence-electron chi connectivity index (χ3n) is 2.95. The fourth-order valence-electron chi connectivity index (χ4n) is 1.96. The van der Waals surface area contributed by atoms with Crippen molar-refractivity contribution < 1.29 is 0 Å². The van der Waals surface area contributed by atoms with Crippen LogP contribution in [0.5, 0.6) is 0 Å². The molecule has 0 spiro atoms. The maximum absolute atomic E-state index is 5.64. The normalized spacial score (nSPS) is 10.5. The topological polar surface area (TPSA) is 26.0 Å². The summed E-state index contributed by atoms with van der Waals surface area (Å²) in [5.41, 5.74) is 10.8. The van der Waals surface area contributed by atoms with Crippen LogP contribution in [-0.4, -0.2) is 6.54 Å². The number of benzene rings is 2. The van der Waals surface area contributed by atoms with Crippen molar-refractivity contribution in [3.63, 3.8) is 0 Å². The molecule has 0 saturated heterocycles. The Morgan fingerprint density at radius 2 is 1.88 bits per heavy atom. The second kappa shape index (κ2) is 5.48. The van der Waals surface area contributed by atoms with Crippen molar-refractivity contribution in [1.29, 1.82) is 0 Å². The van der Waals surface area contributed by atoms with Gasteiger partial charge < -0.3 is 5.73 Å². The van der Waals surface area contributed by atoms with Crippen LogP contribution in [0.1, 0.15) is 11.1 Å². The van der Waals surface area contributed by atoms with Crippen LogP contribution in [-0.2, 0) is 6.42 Å². The highest BCUT2D eigenvalue weighted by Crippen LogP contribution is 2.29. The van der Waals surface area contributed by atoms with Gasteiger partial charge in [-0.05, 0) is 48.2 Å². The smallest absolute Gasteiger partial charge is 0.0253 e. The van der Waals surface area contributed by atoms with Crippen LogP contribution in [0.25, 0.3) is 11.1 Å². The van der Waals surface area contributed by atoms with E-state index in [1.165, 1.54) is 22.3 Å². The van der Waals surface area contributed by atoms with Crippen LogP contribution in [0, 0.1) is 6.92 Å². The van der Waals surface area contributed by atoms with Crippen molar-refractivity contribution in [2.45, 2.75) is 13.3 Å². The highest BCUT2D eigenvalue weighted by atomic mass is 79.9. The SMILES string of the molecule is Cc1ccc(-c2ccccc2Br)cc1CCN. The van der Waals surface area contributed by atoms with Gasteiger partial charge in [0.15, 0.2) is 0 Å².